The van der Waals surface area contributed by atoms with Crippen LogP contribution >= 0.6 is 12.1 Å². The molecule has 2 aromatic rings. The van der Waals surface area contributed by atoms with Crippen LogP contribution in [0.15, 0.2) is 51.5 Å². The highest BCUT2D eigenvalue weighted by atomic mass is 32.2. The molecule has 0 bridgehead atoms. The van der Waals surface area contributed by atoms with Crippen molar-refractivity contribution in [2.45, 2.75) is 4.90 Å². The molecule has 0 atom stereocenters. The molecular formula is C16H10F2N4O4S. The number of rotatable bonds is 5. The van der Waals surface area contributed by atoms with Crippen LogP contribution in [0.25, 0.3) is 0 Å². The number of hydrogen-bond donors (Lipinski definition) is 4. The minimum absolute atomic E-state index is 0.0511. The van der Waals surface area contributed by atoms with Gasteiger partial charge in [-0.3, -0.25) is 10.9 Å². The van der Waals surface area contributed by atoms with E-state index in [-0.39, 0.29) is 51.0 Å². The topological polar surface area (TPSA) is 123 Å². The Balaban J connectivity index is 1.88. The molecule has 2 aromatic carbocycles. The van der Waals surface area contributed by atoms with Crippen LogP contribution in [0.5, 0.6) is 0 Å². The molecule has 0 aliphatic carbocycles. The quantitative estimate of drug-likeness (QED) is 0.616. The molecule has 27 heavy (non-hydrogen) atoms. The Bertz CT molecular complexity index is 1010. The van der Waals surface area contributed by atoms with E-state index in [1.807, 2.05) is 0 Å². The van der Waals surface area contributed by atoms with Gasteiger partial charge in [-0.1, -0.05) is 0 Å². The first-order chi connectivity index (χ1) is 12.9. The summed E-state index contributed by atoms with van der Waals surface area (Å²) in [7, 11) is 0. The van der Waals surface area contributed by atoms with Gasteiger partial charge in [-0.25, -0.2) is 14.0 Å². The van der Waals surface area contributed by atoms with Gasteiger partial charge < -0.3 is 10.2 Å². The van der Waals surface area contributed by atoms with Crippen molar-refractivity contribution < 1.29 is 28.1 Å². The summed E-state index contributed by atoms with van der Waals surface area (Å²) in [6.45, 7) is 0. The number of halogens is 2. The molecule has 4 N–H and O–H groups in total. The molecule has 0 fully saturated rings. The number of carboxylic acids is 2. The van der Waals surface area contributed by atoms with E-state index in [1.54, 1.807) is 0 Å². The Morgan fingerprint density at radius 3 is 1.85 bits per heavy atom. The summed E-state index contributed by atoms with van der Waals surface area (Å²) in [6.07, 6.45) is 0. The van der Waals surface area contributed by atoms with E-state index in [2.05, 4.69) is 21.1 Å². The second-order valence-electron chi connectivity index (χ2n) is 5.31. The largest absolute Gasteiger partial charge is 0.478 e. The molecule has 0 saturated carbocycles. The van der Waals surface area contributed by atoms with Crippen LogP contribution in [0.3, 0.4) is 0 Å². The Morgan fingerprint density at radius 1 is 0.852 bits per heavy atom. The monoisotopic (exact) mass is 392 g/mol. The standard InChI is InChI=1S/C16H10F2N4O4S/c17-11-3-7(1-9(4-11)15(23)24)13-19-21-14(22-20-13)8-2-10(16(25)26)6-12(5-8)27-18/h1-6H,(H,19,20)(H,21,22)(H,23,24)(H,25,26). The first kappa shape index (κ1) is 18.3. The van der Waals surface area contributed by atoms with Crippen molar-refractivity contribution >= 4 is 35.8 Å². The van der Waals surface area contributed by atoms with Crippen molar-refractivity contribution in [1.82, 2.24) is 10.9 Å². The Morgan fingerprint density at radius 2 is 1.37 bits per heavy atom. The molecule has 1 aliphatic rings. The van der Waals surface area contributed by atoms with Crippen LogP contribution in [0.2, 0.25) is 0 Å². The summed E-state index contributed by atoms with van der Waals surface area (Å²) in [5.41, 5.74) is 5.09. The number of aromatic carboxylic acids is 2. The molecule has 0 amide bonds. The van der Waals surface area contributed by atoms with Crippen molar-refractivity contribution in [2.24, 2.45) is 10.2 Å². The summed E-state index contributed by atoms with van der Waals surface area (Å²) in [4.78, 5) is 22.2. The van der Waals surface area contributed by atoms with E-state index >= 15 is 0 Å². The van der Waals surface area contributed by atoms with Crippen LogP contribution in [-0.2, 0) is 0 Å². The third-order valence-electron chi connectivity index (χ3n) is 3.48. The van der Waals surface area contributed by atoms with Crippen molar-refractivity contribution in [3.63, 3.8) is 0 Å². The predicted octanol–water partition coefficient (Wildman–Crippen LogP) is 2.41. The number of carbonyl (C=O) groups is 2. The number of amidine groups is 2. The Kier molecular flexibility index (Phi) is 5.03. The van der Waals surface area contributed by atoms with Gasteiger partial charge in [-0.05, 0) is 36.4 Å². The third kappa shape index (κ3) is 4.03. The number of nitrogens with zero attached hydrogens (tertiary/aromatic N) is 2. The maximum atomic E-state index is 13.6. The molecule has 0 unspecified atom stereocenters. The molecule has 1 heterocycles. The average Bonchev–Trinajstić information content (AvgIpc) is 2.67. The van der Waals surface area contributed by atoms with Crippen molar-refractivity contribution in [3.05, 3.63) is 64.5 Å². The lowest BCUT2D eigenvalue weighted by atomic mass is 10.1. The summed E-state index contributed by atoms with van der Waals surface area (Å²) in [5, 5.41) is 26.0. The minimum atomic E-state index is -1.30. The first-order valence-electron chi connectivity index (χ1n) is 7.26. The molecule has 3 rings (SSSR count). The summed E-state index contributed by atoms with van der Waals surface area (Å²) < 4.78 is 26.5. The zero-order valence-electron chi connectivity index (χ0n) is 13.2. The third-order valence-corrected chi connectivity index (χ3v) is 3.90. The van der Waals surface area contributed by atoms with Crippen LogP contribution in [0.4, 0.5) is 8.28 Å². The lowest BCUT2D eigenvalue weighted by Gasteiger charge is -2.16. The minimum Gasteiger partial charge on any atom is -0.478 e. The lowest BCUT2D eigenvalue weighted by Crippen LogP contribution is -2.34. The zero-order valence-corrected chi connectivity index (χ0v) is 14.1. The van der Waals surface area contributed by atoms with Gasteiger partial charge in [0.05, 0.1) is 23.3 Å². The van der Waals surface area contributed by atoms with Crippen LogP contribution < -0.4 is 10.9 Å². The highest BCUT2D eigenvalue weighted by Gasteiger charge is 2.17. The number of hydrazone groups is 2. The van der Waals surface area contributed by atoms with Crippen LogP contribution in [0.1, 0.15) is 31.8 Å². The number of nitrogens with one attached hydrogen (secondary N) is 2. The van der Waals surface area contributed by atoms with Gasteiger partial charge in [-0.15, -0.1) is 0 Å². The highest BCUT2D eigenvalue weighted by Crippen LogP contribution is 2.23. The Hall–Kier alpha value is -3.47. The average molecular weight is 392 g/mol. The number of carboxylic acid groups (broad SMARTS) is 2. The smallest absolute Gasteiger partial charge is 0.335 e. The SMILES string of the molecule is O=C(O)c1cc(F)cc(C2=NNC(c3cc(SF)cc(C(=O)O)c3)=NN2)c1. The van der Waals surface area contributed by atoms with Gasteiger partial charge in [0, 0.05) is 16.0 Å². The van der Waals surface area contributed by atoms with E-state index < -0.39 is 17.8 Å². The fourth-order valence-corrected chi connectivity index (χ4v) is 2.62. The van der Waals surface area contributed by atoms with Crippen molar-refractivity contribution in [1.29, 1.82) is 0 Å². The molecule has 0 saturated heterocycles. The second-order valence-corrected chi connectivity index (χ2v) is 5.93. The molecule has 8 nitrogen and oxygen atoms in total. The molecule has 0 spiro atoms. The Labute approximate surface area is 154 Å². The normalized spacial score (nSPS) is 13.1. The molecule has 0 aromatic heterocycles. The zero-order chi connectivity index (χ0) is 19.6. The van der Waals surface area contributed by atoms with Gasteiger partial charge in [0.1, 0.15) is 5.82 Å². The molecule has 138 valence electrons. The van der Waals surface area contributed by atoms with Crippen molar-refractivity contribution in [3.8, 4) is 0 Å². The fraction of sp³-hybridized carbons (Fsp3) is 0. The number of benzene rings is 2. The maximum Gasteiger partial charge on any atom is 0.335 e. The van der Waals surface area contributed by atoms with Gasteiger partial charge in [0.25, 0.3) is 0 Å². The van der Waals surface area contributed by atoms with E-state index in [9.17, 15) is 17.9 Å². The molecular weight excluding hydrogens is 382 g/mol. The van der Waals surface area contributed by atoms with E-state index in [0.29, 0.717) is 0 Å². The van der Waals surface area contributed by atoms with E-state index in [4.69, 9.17) is 10.2 Å². The van der Waals surface area contributed by atoms with Crippen molar-refractivity contribution in [2.75, 3.05) is 0 Å². The van der Waals surface area contributed by atoms with Crippen LogP contribution in [-0.4, -0.2) is 33.8 Å². The first-order valence-corrected chi connectivity index (χ1v) is 7.98. The van der Waals surface area contributed by atoms with Gasteiger partial charge in [0.15, 0.2) is 11.7 Å². The molecule has 0 radical (unpaired) electrons. The summed E-state index contributed by atoms with van der Waals surface area (Å²) in [5.74, 6) is -3.14. The molecule has 11 heteroatoms. The lowest BCUT2D eigenvalue weighted by molar-refractivity contribution is 0.0685. The van der Waals surface area contributed by atoms with E-state index in [1.165, 1.54) is 24.3 Å². The van der Waals surface area contributed by atoms with Gasteiger partial charge >= 0.3 is 11.9 Å². The fourth-order valence-electron chi connectivity index (χ4n) is 2.28. The molecule has 1 aliphatic heterocycles. The van der Waals surface area contributed by atoms with E-state index in [0.717, 1.165) is 12.1 Å². The maximum absolute atomic E-state index is 13.6. The predicted molar refractivity (Wildman–Crippen MR) is 93.1 cm³/mol. The van der Waals surface area contributed by atoms with Crippen LogP contribution in [0, 0.1) is 5.82 Å². The summed E-state index contributed by atoms with van der Waals surface area (Å²) in [6, 6.07) is 6.97. The highest BCUT2D eigenvalue weighted by molar-refractivity contribution is 7.94. The number of hydrogen-bond acceptors (Lipinski definition) is 7. The van der Waals surface area contributed by atoms with Gasteiger partial charge in [-0.2, -0.15) is 14.1 Å². The summed E-state index contributed by atoms with van der Waals surface area (Å²) >= 11 is -0.118. The second kappa shape index (κ2) is 7.41. The van der Waals surface area contributed by atoms with Gasteiger partial charge in [0.2, 0.25) is 0 Å².